The average molecular weight is 827 g/mol. The van der Waals surface area contributed by atoms with Gasteiger partial charge in [-0.15, -0.1) is 0 Å². The third-order valence-corrected chi connectivity index (χ3v) is 15.8. The van der Waals surface area contributed by atoms with Gasteiger partial charge in [0, 0.05) is 85.5 Å². The van der Waals surface area contributed by atoms with Gasteiger partial charge in [0.25, 0.3) is 0 Å². The van der Waals surface area contributed by atoms with Gasteiger partial charge in [0.2, 0.25) is 5.60 Å². The Morgan fingerprint density at radius 1 is 0.950 bits per heavy atom. The Morgan fingerprint density at radius 2 is 1.70 bits per heavy atom. The quantitative estimate of drug-likeness (QED) is 0.155. The van der Waals surface area contributed by atoms with Crippen molar-refractivity contribution in [1.82, 2.24) is 14.8 Å². The van der Waals surface area contributed by atoms with Gasteiger partial charge < -0.3 is 44.2 Å². The second-order valence-corrected chi connectivity index (χ2v) is 18.3. The van der Waals surface area contributed by atoms with Crippen LogP contribution in [0.5, 0.6) is 5.75 Å². The molecule has 2 aromatic carbocycles. The molecule has 322 valence electrons. The average Bonchev–Trinajstić information content (AvgIpc) is 3.90. The highest BCUT2D eigenvalue weighted by molar-refractivity contribution is 5.95. The van der Waals surface area contributed by atoms with Crippen LogP contribution in [0, 0.1) is 11.3 Å². The number of nitrogens with one attached hydrogen (secondary N) is 1. The number of anilines is 1. The summed E-state index contributed by atoms with van der Waals surface area (Å²) >= 11 is 0. The van der Waals surface area contributed by atoms with Crippen LogP contribution in [0.15, 0.2) is 48.6 Å². The molecule has 2 saturated heterocycles. The number of benzene rings is 2. The Kier molecular flexibility index (Phi) is 9.39. The Labute approximate surface area is 350 Å². The first-order valence-electron chi connectivity index (χ1n) is 21.3. The van der Waals surface area contributed by atoms with Crippen molar-refractivity contribution in [2.75, 3.05) is 66.0 Å². The summed E-state index contributed by atoms with van der Waals surface area (Å²) in [6.45, 7) is 8.04. The summed E-state index contributed by atoms with van der Waals surface area (Å²) < 4.78 is 23.7. The lowest BCUT2D eigenvalue weighted by atomic mass is 9.46. The zero-order valence-corrected chi connectivity index (χ0v) is 35.7. The van der Waals surface area contributed by atoms with Crippen LogP contribution in [0.1, 0.15) is 75.3 Å². The largest absolute Gasteiger partial charge is 0.496 e. The van der Waals surface area contributed by atoms with Crippen LogP contribution in [0.2, 0.25) is 0 Å². The number of aromatic amines is 1. The third-order valence-electron chi connectivity index (χ3n) is 15.8. The second-order valence-electron chi connectivity index (χ2n) is 18.3. The number of likely N-dealkylation sites (N-methyl/N-ethyl adjacent to an activating group) is 1. The fraction of sp³-hybridized carbons (Fsp3) is 0.587. The van der Waals surface area contributed by atoms with Gasteiger partial charge in [-0.3, -0.25) is 19.4 Å². The number of hydrogen-bond donors (Lipinski definition) is 4. The first kappa shape index (κ1) is 40.9. The van der Waals surface area contributed by atoms with Gasteiger partial charge >= 0.3 is 17.9 Å². The molecule has 1 saturated carbocycles. The summed E-state index contributed by atoms with van der Waals surface area (Å²) in [6.07, 6.45) is 4.89. The molecule has 60 heavy (non-hydrogen) atoms. The van der Waals surface area contributed by atoms with Gasteiger partial charge in [0.1, 0.15) is 11.2 Å². The highest BCUT2D eigenvalue weighted by Crippen LogP contribution is 2.71. The lowest BCUT2D eigenvalue weighted by Gasteiger charge is -2.66. The summed E-state index contributed by atoms with van der Waals surface area (Å²) in [5.41, 5.74) is -6.19. The van der Waals surface area contributed by atoms with E-state index in [1.54, 1.807) is 13.1 Å². The standard InChI is InChI=1S/C46H58N4O10/c1-8-41(54)23-28-24-43(39(52)58-6,36-30(15-19-49(25-28)26-41)29-13-10-11-14-33(29)47-36)32-21-31-34(22-35(32)57-5)48(4)46(56)44(31)17-20-50-18-12-16-42(9-2,37(44)50)38(60-27(3)51)45(46,55)40(53)59-7/h10-14,16,21-22,28,37-38,47,54-56H,8-9,15,17-20,23-26H2,1-7H3. The molecule has 1 spiro atoms. The van der Waals surface area contributed by atoms with Gasteiger partial charge in [0.05, 0.1) is 32.3 Å². The van der Waals surface area contributed by atoms with E-state index in [2.05, 4.69) is 20.9 Å². The van der Waals surface area contributed by atoms with E-state index < -0.39 is 63.2 Å². The molecule has 0 radical (unpaired) electrons. The Balaban J connectivity index is 1.38. The van der Waals surface area contributed by atoms with Crippen molar-refractivity contribution in [3.63, 3.8) is 0 Å². The van der Waals surface area contributed by atoms with Gasteiger partial charge in [-0.1, -0.05) is 44.2 Å². The van der Waals surface area contributed by atoms with Gasteiger partial charge in [-0.25, -0.2) is 4.79 Å². The molecule has 6 aliphatic rings. The number of ether oxygens (including phenoxy) is 4. The van der Waals surface area contributed by atoms with Gasteiger partial charge in [-0.2, -0.15) is 0 Å². The summed E-state index contributed by atoms with van der Waals surface area (Å²) in [7, 11) is 5.70. The number of aromatic nitrogens is 1. The molecule has 3 aromatic rings. The van der Waals surface area contributed by atoms with Gasteiger partial charge in [0.15, 0.2) is 11.8 Å². The number of nitrogens with zero attached hydrogens (tertiary/aromatic N) is 3. The molecule has 6 heterocycles. The van der Waals surface area contributed by atoms with Crippen LogP contribution in [0.4, 0.5) is 5.69 Å². The van der Waals surface area contributed by atoms with Crippen molar-refractivity contribution in [2.45, 2.75) is 99.2 Å². The number of hydrogen-bond acceptors (Lipinski definition) is 13. The lowest BCUT2D eigenvalue weighted by molar-refractivity contribution is -0.291. The summed E-state index contributed by atoms with van der Waals surface area (Å²) in [5, 5.41) is 40.1. The lowest BCUT2D eigenvalue weighted by Crippen LogP contribution is -2.87. The molecule has 1 aliphatic carbocycles. The normalized spacial score (nSPS) is 37.8. The fourth-order valence-electron chi connectivity index (χ4n) is 13.5. The Morgan fingerprint density at radius 3 is 2.38 bits per heavy atom. The number of esters is 3. The predicted molar refractivity (Wildman–Crippen MR) is 222 cm³/mol. The van der Waals surface area contributed by atoms with E-state index in [-0.39, 0.29) is 12.3 Å². The molecular formula is C46H58N4O10. The first-order valence-corrected chi connectivity index (χ1v) is 21.3. The molecule has 1 aromatic heterocycles. The van der Waals surface area contributed by atoms with Crippen LogP contribution in [0.3, 0.4) is 0 Å². The van der Waals surface area contributed by atoms with Crippen molar-refractivity contribution < 1.29 is 48.7 Å². The topological polar surface area (TPSA) is 174 Å². The van der Waals surface area contributed by atoms with Crippen molar-refractivity contribution in [3.8, 4) is 5.75 Å². The minimum Gasteiger partial charge on any atom is -0.496 e. The number of H-pyrrole nitrogens is 1. The number of para-hydroxylation sites is 1. The van der Waals surface area contributed by atoms with E-state index in [0.717, 1.165) is 23.6 Å². The van der Waals surface area contributed by atoms with Crippen molar-refractivity contribution >= 4 is 34.5 Å². The summed E-state index contributed by atoms with van der Waals surface area (Å²) in [5.74, 6) is -2.18. The smallest absolute Gasteiger partial charge is 0.347 e. The zero-order chi connectivity index (χ0) is 42.8. The molecule has 9 rings (SSSR count). The monoisotopic (exact) mass is 826 g/mol. The second kappa shape index (κ2) is 13.8. The maximum absolute atomic E-state index is 15.3. The molecule has 5 aliphatic heterocycles. The number of methoxy groups -OCH3 is 3. The molecular weight excluding hydrogens is 769 g/mol. The van der Waals surface area contributed by atoms with Gasteiger partial charge in [-0.05, 0) is 74.2 Å². The summed E-state index contributed by atoms with van der Waals surface area (Å²) in [6, 6.07) is 11.2. The predicted octanol–water partition coefficient (Wildman–Crippen LogP) is 3.31. The Hall–Kier alpha value is -4.47. The maximum Gasteiger partial charge on any atom is 0.347 e. The minimum atomic E-state index is -2.81. The van der Waals surface area contributed by atoms with Crippen LogP contribution >= 0.6 is 0 Å². The van der Waals surface area contributed by atoms with Crippen molar-refractivity contribution in [1.29, 1.82) is 0 Å². The molecule has 14 heteroatoms. The van der Waals surface area contributed by atoms with E-state index in [0.29, 0.717) is 93.1 Å². The highest BCUT2D eigenvalue weighted by Gasteiger charge is 2.87. The number of rotatable bonds is 7. The van der Waals surface area contributed by atoms with E-state index >= 15 is 4.79 Å². The van der Waals surface area contributed by atoms with Crippen LogP contribution in [-0.2, 0) is 45.8 Å². The van der Waals surface area contributed by atoms with Crippen molar-refractivity contribution in [2.24, 2.45) is 11.3 Å². The number of piperidine rings is 1. The number of carbonyl (C=O) groups excluding carboxylic acids is 3. The fourth-order valence-corrected chi connectivity index (χ4v) is 13.5. The number of carbonyl (C=O) groups is 3. The molecule has 10 atom stereocenters. The molecule has 3 fully saturated rings. The van der Waals surface area contributed by atoms with E-state index in [9.17, 15) is 24.9 Å². The van der Waals surface area contributed by atoms with Crippen LogP contribution in [0.25, 0.3) is 10.9 Å². The zero-order valence-electron chi connectivity index (χ0n) is 35.7. The molecule has 4 N–H and O–H groups in total. The van der Waals surface area contributed by atoms with E-state index in [4.69, 9.17) is 18.9 Å². The Bertz CT molecular complexity index is 2310. The molecule has 10 unspecified atom stereocenters. The maximum atomic E-state index is 15.3. The first-order chi connectivity index (χ1) is 28.6. The van der Waals surface area contributed by atoms with E-state index in [1.165, 1.54) is 26.0 Å². The van der Waals surface area contributed by atoms with Crippen molar-refractivity contribution in [3.05, 3.63) is 70.9 Å². The highest BCUT2D eigenvalue weighted by atomic mass is 16.6. The van der Waals surface area contributed by atoms with E-state index in [1.807, 2.05) is 50.3 Å². The third kappa shape index (κ3) is 4.91. The molecule has 2 bridgehead atoms. The minimum absolute atomic E-state index is 0.155. The molecule has 0 amide bonds. The SMILES string of the molecule is CCC1(O)CC2CN(CCc3c([nH]c4ccccc34)C(C(=O)OC)(c3cc4c(cc3OC)N(C)C3(O)C(O)(C(=O)OC)C(OC(C)=O)C5(CC)C=CCN6CCC43C65)C2)C1. The molecule has 14 nitrogen and oxygen atoms in total. The van der Waals surface area contributed by atoms with Crippen LogP contribution in [-0.4, -0.2) is 138 Å². The number of fused-ring (bicyclic) bond motifs is 6. The summed E-state index contributed by atoms with van der Waals surface area (Å²) in [4.78, 5) is 52.6. The number of aliphatic hydroxyl groups is 3. The van der Waals surface area contributed by atoms with Crippen LogP contribution < -0.4 is 9.64 Å².